The highest BCUT2D eigenvalue weighted by atomic mass is 16.5. The number of hydrogen-bond donors (Lipinski definition) is 1. The largest absolute Gasteiger partial charge is 0.493 e. The minimum Gasteiger partial charge on any atom is -0.493 e. The Morgan fingerprint density at radius 3 is 2.68 bits per heavy atom. The fraction of sp³-hybridized carbons (Fsp3) is 0.294. The van der Waals surface area contributed by atoms with Gasteiger partial charge < -0.3 is 9.84 Å². The number of hydrogen-bond acceptors (Lipinski definition) is 2. The van der Waals surface area contributed by atoms with Crippen molar-refractivity contribution in [2.24, 2.45) is 0 Å². The summed E-state index contributed by atoms with van der Waals surface area (Å²) < 4.78 is 5.90. The lowest BCUT2D eigenvalue weighted by Crippen LogP contribution is -2.23. The van der Waals surface area contributed by atoms with E-state index >= 15 is 0 Å². The molecule has 2 nitrogen and oxygen atoms in total. The van der Waals surface area contributed by atoms with E-state index in [1.54, 1.807) is 6.92 Å². The van der Waals surface area contributed by atoms with Crippen LogP contribution < -0.4 is 4.74 Å². The summed E-state index contributed by atoms with van der Waals surface area (Å²) in [5, 5.41) is 9.72. The lowest BCUT2D eigenvalue weighted by Gasteiger charge is -2.30. The molecule has 1 aliphatic carbocycles. The molecule has 0 amide bonds. The van der Waals surface area contributed by atoms with Crippen LogP contribution in [0.4, 0.5) is 0 Å². The number of ether oxygens (including phenoxy) is 1. The Morgan fingerprint density at radius 1 is 1.16 bits per heavy atom. The maximum absolute atomic E-state index is 9.72. The molecular weight excluding hydrogens is 236 g/mol. The van der Waals surface area contributed by atoms with Crippen molar-refractivity contribution < 1.29 is 9.84 Å². The van der Waals surface area contributed by atoms with Gasteiger partial charge in [-0.15, -0.1) is 0 Å². The first-order valence-electron chi connectivity index (χ1n) is 6.73. The third-order valence-corrected chi connectivity index (χ3v) is 3.77. The Morgan fingerprint density at radius 2 is 1.89 bits per heavy atom. The minimum atomic E-state index is -0.495. The summed E-state index contributed by atoms with van der Waals surface area (Å²) in [7, 11) is 0. The molecule has 0 aromatic heterocycles. The van der Waals surface area contributed by atoms with Crippen LogP contribution in [0.5, 0.6) is 5.75 Å². The molecule has 0 fully saturated rings. The third-order valence-electron chi connectivity index (χ3n) is 3.77. The standard InChI is InChI=1S/C17H18O2/c1-12(18)15-7-4-5-9-17(15)19-11-14-10-13-6-2-3-8-16(13)14/h2-9,12,14,18H,10-11H2,1H3/t12-,14?/m0/s1. The van der Waals surface area contributed by atoms with E-state index in [1.165, 1.54) is 11.1 Å². The lowest BCUT2D eigenvalue weighted by atomic mass is 9.78. The van der Waals surface area contributed by atoms with E-state index in [0.717, 1.165) is 17.7 Å². The quantitative estimate of drug-likeness (QED) is 0.905. The molecule has 0 saturated heterocycles. The molecule has 1 aliphatic rings. The SMILES string of the molecule is C[C@H](O)c1ccccc1OCC1Cc2ccccc21. The van der Waals surface area contributed by atoms with E-state index in [1.807, 2.05) is 24.3 Å². The Labute approximate surface area is 113 Å². The number of benzene rings is 2. The first-order valence-corrected chi connectivity index (χ1v) is 6.73. The Kier molecular flexibility index (Phi) is 3.26. The summed E-state index contributed by atoms with van der Waals surface area (Å²) in [6.07, 6.45) is 0.595. The summed E-state index contributed by atoms with van der Waals surface area (Å²) in [4.78, 5) is 0. The summed E-state index contributed by atoms with van der Waals surface area (Å²) in [6.45, 7) is 2.45. The maximum Gasteiger partial charge on any atom is 0.125 e. The van der Waals surface area contributed by atoms with Gasteiger partial charge in [-0.2, -0.15) is 0 Å². The molecule has 2 aromatic carbocycles. The molecule has 2 aromatic rings. The van der Waals surface area contributed by atoms with Gasteiger partial charge >= 0.3 is 0 Å². The summed E-state index contributed by atoms with van der Waals surface area (Å²) >= 11 is 0. The van der Waals surface area contributed by atoms with Crippen LogP contribution in [0.2, 0.25) is 0 Å². The summed E-state index contributed by atoms with van der Waals surface area (Å²) in [6, 6.07) is 16.2. The number of para-hydroxylation sites is 1. The van der Waals surface area contributed by atoms with Crippen LogP contribution >= 0.6 is 0 Å². The van der Waals surface area contributed by atoms with Crippen molar-refractivity contribution in [1.82, 2.24) is 0 Å². The van der Waals surface area contributed by atoms with Crippen molar-refractivity contribution in [3.63, 3.8) is 0 Å². The Bertz CT molecular complexity index is 575. The fourth-order valence-corrected chi connectivity index (χ4v) is 2.66. The van der Waals surface area contributed by atoms with Gasteiger partial charge in [0.25, 0.3) is 0 Å². The topological polar surface area (TPSA) is 29.5 Å². The highest BCUT2D eigenvalue weighted by molar-refractivity contribution is 5.40. The number of fused-ring (bicyclic) bond motifs is 1. The molecule has 0 saturated carbocycles. The maximum atomic E-state index is 9.72. The van der Waals surface area contributed by atoms with Crippen molar-refractivity contribution in [2.75, 3.05) is 6.61 Å². The van der Waals surface area contributed by atoms with Crippen molar-refractivity contribution in [3.05, 3.63) is 65.2 Å². The Balaban J connectivity index is 1.69. The van der Waals surface area contributed by atoms with Gasteiger partial charge in [0.2, 0.25) is 0 Å². The average Bonchev–Trinajstić information content (AvgIpc) is 2.40. The van der Waals surface area contributed by atoms with Crippen LogP contribution in [0.25, 0.3) is 0 Å². The first-order chi connectivity index (χ1) is 9.25. The van der Waals surface area contributed by atoms with E-state index in [4.69, 9.17) is 4.74 Å². The molecule has 98 valence electrons. The van der Waals surface area contributed by atoms with Crippen LogP contribution in [0, 0.1) is 0 Å². The van der Waals surface area contributed by atoms with Gasteiger partial charge in [-0.05, 0) is 30.5 Å². The van der Waals surface area contributed by atoms with Gasteiger partial charge in [0.05, 0.1) is 12.7 Å². The van der Waals surface area contributed by atoms with Crippen LogP contribution in [-0.4, -0.2) is 11.7 Å². The molecule has 1 unspecified atom stereocenters. The highest BCUT2D eigenvalue weighted by Gasteiger charge is 2.26. The van der Waals surface area contributed by atoms with E-state index in [-0.39, 0.29) is 0 Å². The van der Waals surface area contributed by atoms with Crippen molar-refractivity contribution >= 4 is 0 Å². The monoisotopic (exact) mass is 254 g/mol. The number of rotatable bonds is 4. The second kappa shape index (κ2) is 5.06. The molecule has 0 heterocycles. The van der Waals surface area contributed by atoms with Crippen molar-refractivity contribution in [3.8, 4) is 5.75 Å². The molecule has 19 heavy (non-hydrogen) atoms. The van der Waals surface area contributed by atoms with Gasteiger partial charge in [0.1, 0.15) is 5.75 Å². The van der Waals surface area contributed by atoms with Crippen LogP contribution in [0.1, 0.15) is 35.6 Å². The fourth-order valence-electron chi connectivity index (χ4n) is 2.66. The third kappa shape index (κ3) is 2.36. The first kappa shape index (κ1) is 12.2. The van der Waals surface area contributed by atoms with Gasteiger partial charge in [-0.25, -0.2) is 0 Å². The van der Waals surface area contributed by atoms with E-state index < -0.39 is 6.10 Å². The summed E-state index contributed by atoms with van der Waals surface area (Å²) in [5.41, 5.74) is 3.69. The smallest absolute Gasteiger partial charge is 0.125 e. The van der Waals surface area contributed by atoms with Gasteiger partial charge in [0, 0.05) is 11.5 Å². The molecular formula is C17H18O2. The molecule has 0 bridgehead atoms. The van der Waals surface area contributed by atoms with Crippen LogP contribution in [0.3, 0.4) is 0 Å². The van der Waals surface area contributed by atoms with Crippen molar-refractivity contribution in [1.29, 1.82) is 0 Å². The average molecular weight is 254 g/mol. The van der Waals surface area contributed by atoms with Gasteiger partial charge in [0.15, 0.2) is 0 Å². The molecule has 3 rings (SSSR count). The molecule has 0 spiro atoms. The molecule has 1 N–H and O–H groups in total. The zero-order valence-corrected chi connectivity index (χ0v) is 11.0. The van der Waals surface area contributed by atoms with E-state index in [9.17, 15) is 5.11 Å². The zero-order chi connectivity index (χ0) is 13.2. The zero-order valence-electron chi connectivity index (χ0n) is 11.0. The number of aliphatic hydroxyl groups excluding tert-OH is 1. The minimum absolute atomic E-state index is 0.484. The molecule has 0 aliphatic heterocycles. The second-order valence-electron chi connectivity index (χ2n) is 5.12. The second-order valence-corrected chi connectivity index (χ2v) is 5.12. The van der Waals surface area contributed by atoms with E-state index in [0.29, 0.717) is 12.5 Å². The predicted octanol–water partition coefficient (Wildman–Crippen LogP) is 3.46. The Hall–Kier alpha value is -1.80. The van der Waals surface area contributed by atoms with Crippen LogP contribution in [-0.2, 0) is 6.42 Å². The highest BCUT2D eigenvalue weighted by Crippen LogP contribution is 2.35. The van der Waals surface area contributed by atoms with Gasteiger partial charge in [-0.3, -0.25) is 0 Å². The van der Waals surface area contributed by atoms with Crippen molar-refractivity contribution in [2.45, 2.75) is 25.4 Å². The van der Waals surface area contributed by atoms with E-state index in [2.05, 4.69) is 24.3 Å². The molecule has 2 heteroatoms. The number of aliphatic hydroxyl groups is 1. The molecule has 0 radical (unpaired) electrons. The normalized spacial score (nSPS) is 18.3. The predicted molar refractivity (Wildman–Crippen MR) is 75.5 cm³/mol. The van der Waals surface area contributed by atoms with Gasteiger partial charge in [-0.1, -0.05) is 42.5 Å². The summed E-state index contributed by atoms with van der Waals surface area (Å²) in [5.74, 6) is 1.28. The van der Waals surface area contributed by atoms with Crippen LogP contribution in [0.15, 0.2) is 48.5 Å². The lowest BCUT2D eigenvalue weighted by molar-refractivity contribution is 0.188. The molecule has 2 atom stereocenters.